The van der Waals surface area contributed by atoms with Crippen LogP contribution in [0.3, 0.4) is 0 Å². The van der Waals surface area contributed by atoms with E-state index >= 15 is 0 Å². The van der Waals surface area contributed by atoms with Crippen molar-refractivity contribution in [3.63, 3.8) is 0 Å². The van der Waals surface area contributed by atoms with E-state index in [1.54, 1.807) is 23.1 Å². The summed E-state index contributed by atoms with van der Waals surface area (Å²) in [6.45, 7) is 0.772. The van der Waals surface area contributed by atoms with Gasteiger partial charge < -0.3 is 5.73 Å². The van der Waals surface area contributed by atoms with Gasteiger partial charge in [-0.25, -0.2) is 4.98 Å². The molecule has 4 heteroatoms. The highest BCUT2D eigenvalue weighted by molar-refractivity contribution is 7.98. The minimum Gasteiger partial charge on any atom is -0.330 e. The molecule has 1 aromatic carbocycles. The van der Waals surface area contributed by atoms with Crippen molar-refractivity contribution in [1.29, 1.82) is 0 Å². The van der Waals surface area contributed by atoms with Crippen molar-refractivity contribution in [2.24, 2.45) is 5.73 Å². The van der Waals surface area contributed by atoms with Crippen LogP contribution in [0.25, 0.3) is 11.3 Å². The summed E-state index contributed by atoms with van der Waals surface area (Å²) in [7, 11) is 0. The van der Waals surface area contributed by atoms with Gasteiger partial charge in [0, 0.05) is 15.8 Å². The molecule has 0 amide bonds. The standard InChI is InChI=1S/C14H18N2S2/c1-17-12-7-5-11(6-8-12)13-10-18-14(16-13)4-2-3-9-15/h5-8,10H,2-4,9,15H2,1H3. The van der Waals surface area contributed by atoms with Crippen molar-refractivity contribution in [2.45, 2.75) is 24.2 Å². The smallest absolute Gasteiger partial charge is 0.0932 e. The average molecular weight is 278 g/mol. The maximum Gasteiger partial charge on any atom is 0.0932 e. The summed E-state index contributed by atoms with van der Waals surface area (Å²) < 4.78 is 0. The lowest BCUT2D eigenvalue weighted by Gasteiger charge is -1.99. The van der Waals surface area contributed by atoms with Crippen LogP contribution in [0.2, 0.25) is 0 Å². The Morgan fingerprint density at radius 3 is 2.67 bits per heavy atom. The SMILES string of the molecule is CSc1ccc(-c2csc(CCCCN)n2)cc1. The number of thiazole rings is 1. The number of thioether (sulfide) groups is 1. The summed E-state index contributed by atoms with van der Waals surface area (Å²) in [4.78, 5) is 5.97. The van der Waals surface area contributed by atoms with Crippen molar-refractivity contribution in [3.8, 4) is 11.3 Å². The Hall–Kier alpha value is -0.840. The van der Waals surface area contributed by atoms with Crippen LogP contribution in [0.4, 0.5) is 0 Å². The maximum absolute atomic E-state index is 5.50. The molecule has 1 heterocycles. The number of hydrogen-bond acceptors (Lipinski definition) is 4. The highest BCUT2D eigenvalue weighted by Crippen LogP contribution is 2.25. The van der Waals surface area contributed by atoms with E-state index in [2.05, 4.69) is 40.9 Å². The summed E-state index contributed by atoms with van der Waals surface area (Å²) in [6, 6.07) is 8.58. The Bertz CT molecular complexity index is 477. The maximum atomic E-state index is 5.50. The lowest BCUT2D eigenvalue weighted by Crippen LogP contribution is -1.98. The number of nitrogens with two attached hydrogens (primary N) is 1. The molecule has 0 aliphatic carbocycles. The van der Waals surface area contributed by atoms with Crippen molar-refractivity contribution >= 4 is 23.1 Å². The van der Waals surface area contributed by atoms with Crippen molar-refractivity contribution in [1.82, 2.24) is 4.98 Å². The lowest BCUT2D eigenvalue weighted by atomic mass is 10.2. The van der Waals surface area contributed by atoms with Crippen LogP contribution >= 0.6 is 23.1 Å². The Kier molecular flexibility index (Phi) is 5.23. The van der Waals surface area contributed by atoms with E-state index in [1.165, 1.54) is 15.5 Å². The molecule has 0 spiro atoms. The van der Waals surface area contributed by atoms with Gasteiger partial charge in [-0.15, -0.1) is 23.1 Å². The van der Waals surface area contributed by atoms with Crippen LogP contribution in [0, 0.1) is 0 Å². The molecule has 2 aromatic rings. The first-order valence-corrected chi connectivity index (χ1v) is 8.23. The van der Waals surface area contributed by atoms with Gasteiger partial charge in [-0.2, -0.15) is 0 Å². The Labute approximate surface area is 117 Å². The first kappa shape index (κ1) is 13.6. The Morgan fingerprint density at radius 1 is 1.22 bits per heavy atom. The van der Waals surface area contributed by atoms with Crippen LogP contribution in [-0.2, 0) is 6.42 Å². The van der Waals surface area contributed by atoms with Gasteiger partial charge in [0.1, 0.15) is 0 Å². The molecule has 0 aliphatic rings. The first-order chi connectivity index (χ1) is 8.83. The Balaban J connectivity index is 2.04. The van der Waals surface area contributed by atoms with Gasteiger partial charge in [-0.3, -0.25) is 0 Å². The third-order valence-corrected chi connectivity index (χ3v) is 4.43. The molecule has 1 aromatic heterocycles. The predicted octanol–water partition coefficient (Wildman–Crippen LogP) is 3.81. The molecule has 0 saturated heterocycles. The van der Waals surface area contributed by atoms with Crippen LogP contribution in [-0.4, -0.2) is 17.8 Å². The van der Waals surface area contributed by atoms with E-state index in [9.17, 15) is 0 Å². The summed E-state index contributed by atoms with van der Waals surface area (Å²) in [5.74, 6) is 0. The zero-order chi connectivity index (χ0) is 12.8. The number of hydrogen-bond donors (Lipinski definition) is 1. The molecule has 2 rings (SSSR count). The van der Waals surface area contributed by atoms with Gasteiger partial charge in [0.15, 0.2) is 0 Å². The second kappa shape index (κ2) is 6.92. The molecular weight excluding hydrogens is 260 g/mol. The molecule has 0 atom stereocenters. The summed E-state index contributed by atoms with van der Waals surface area (Å²) in [5.41, 5.74) is 7.79. The minimum atomic E-state index is 0.772. The van der Waals surface area contributed by atoms with Gasteiger partial charge in [0.2, 0.25) is 0 Å². The number of nitrogens with zero attached hydrogens (tertiary/aromatic N) is 1. The molecule has 2 N–H and O–H groups in total. The van der Waals surface area contributed by atoms with Crippen LogP contribution in [0.15, 0.2) is 34.5 Å². The fourth-order valence-corrected chi connectivity index (χ4v) is 3.00. The number of unbranched alkanes of at least 4 members (excludes halogenated alkanes) is 1. The number of aryl methyl sites for hydroxylation is 1. The third-order valence-electron chi connectivity index (χ3n) is 2.78. The predicted molar refractivity (Wildman–Crippen MR) is 81.3 cm³/mol. The molecule has 0 bridgehead atoms. The van der Waals surface area contributed by atoms with Gasteiger partial charge in [0.05, 0.1) is 10.7 Å². The van der Waals surface area contributed by atoms with E-state index in [0.29, 0.717) is 0 Å². The molecular formula is C14H18N2S2. The lowest BCUT2D eigenvalue weighted by molar-refractivity contribution is 0.742. The summed E-state index contributed by atoms with van der Waals surface area (Å²) in [5, 5.41) is 3.36. The zero-order valence-electron chi connectivity index (χ0n) is 10.6. The molecule has 0 saturated carbocycles. The van der Waals surface area contributed by atoms with Crippen LogP contribution < -0.4 is 5.73 Å². The zero-order valence-corrected chi connectivity index (χ0v) is 12.2. The monoisotopic (exact) mass is 278 g/mol. The van der Waals surface area contributed by atoms with Crippen molar-refractivity contribution < 1.29 is 0 Å². The minimum absolute atomic E-state index is 0.772. The van der Waals surface area contributed by atoms with Gasteiger partial charge in [0.25, 0.3) is 0 Å². The third kappa shape index (κ3) is 3.57. The highest BCUT2D eigenvalue weighted by Gasteiger charge is 2.04. The average Bonchev–Trinajstić information content (AvgIpc) is 2.88. The first-order valence-electron chi connectivity index (χ1n) is 6.12. The number of benzene rings is 1. The van der Waals surface area contributed by atoms with Gasteiger partial charge >= 0.3 is 0 Å². The van der Waals surface area contributed by atoms with E-state index < -0.39 is 0 Å². The summed E-state index contributed by atoms with van der Waals surface area (Å²) in [6.07, 6.45) is 5.35. The van der Waals surface area contributed by atoms with Crippen molar-refractivity contribution in [2.75, 3.05) is 12.8 Å². The largest absolute Gasteiger partial charge is 0.330 e. The summed E-state index contributed by atoms with van der Waals surface area (Å²) >= 11 is 3.51. The quantitative estimate of drug-likeness (QED) is 0.645. The van der Waals surface area contributed by atoms with Gasteiger partial charge in [-0.05, 0) is 44.2 Å². The molecule has 18 heavy (non-hydrogen) atoms. The molecule has 96 valence electrons. The molecule has 0 fully saturated rings. The molecule has 0 unspecified atom stereocenters. The van der Waals surface area contributed by atoms with Gasteiger partial charge in [-0.1, -0.05) is 12.1 Å². The van der Waals surface area contributed by atoms with E-state index in [4.69, 9.17) is 5.73 Å². The molecule has 0 aliphatic heterocycles. The Morgan fingerprint density at radius 2 is 2.00 bits per heavy atom. The van der Waals surface area contributed by atoms with E-state index in [-0.39, 0.29) is 0 Å². The van der Waals surface area contributed by atoms with Crippen LogP contribution in [0.5, 0.6) is 0 Å². The number of rotatable bonds is 6. The molecule has 0 radical (unpaired) electrons. The van der Waals surface area contributed by atoms with Crippen molar-refractivity contribution in [3.05, 3.63) is 34.7 Å². The second-order valence-electron chi connectivity index (χ2n) is 4.10. The van der Waals surface area contributed by atoms with E-state index in [1.807, 2.05) is 0 Å². The normalized spacial score (nSPS) is 10.8. The van der Waals surface area contributed by atoms with Crippen LogP contribution in [0.1, 0.15) is 17.8 Å². The highest BCUT2D eigenvalue weighted by atomic mass is 32.2. The fraction of sp³-hybridized carbons (Fsp3) is 0.357. The second-order valence-corrected chi connectivity index (χ2v) is 5.92. The topological polar surface area (TPSA) is 38.9 Å². The number of aromatic nitrogens is 1. The van der Waals surface area contributed by atoms with E-state index in [0.717, 1.165) is 31.5 Å². The fourth-order valence-electron chi connectivity index (χ4n) is 1.74. The molecule has 2 nitrogen and oxygen atoms in total.